The topological polar surface area (TPSA) is 97.4 Å². The summed E-state index contributed by atoms with van der Waals surface area (Å²) in [7, 11) is -3.23. The summed E-state index contributed by atoms with van der Waals surface area (Å²) in [6, 6.07) is 0. The van der Waals surface area contributed by atoms with Gasteiger partial charge < -0.3 is 4.42 Å². The number of nitrogens with two attached hydrogens (primary N) is 1. The van der Waals surface area contributed by atoms with Crippen molar-refractivity contribution in [3.8, 4) is 0 Å². The third-order valence-corrected chi connectivity index (χ3v) is 2.36. The smallest absolute Gasteiger partial charge is 0.240 e. The van der Waals surface area contributed by atoms with Gasteiger partial charge in [-0.1, -0.05) is 0 Å². The van der Waals surface area contributed by atoms with Gasteiger partial charge in [-0.3, -0.25) is 0 Å². The molecule has 6 nitrogen and oxygen atoms in total. The highest BCUT2D eigenvalue weighted by atomic mass is 32.2. The van der Waals surface area contributed by atoms with Gasteiger partial charge in [-0.05, 0) is 0 Å². The maximum atomic E-state index is 11.1. The molecular formula is C5H6N4O2S. The minimum atomic E-state index is -3.23. The largest absolute Gasteiger partial charge is 0.444 e. The number of hydrogen-bond acceptors (Lipinski definition) is 4. The van der Waals surface area contributed by atoms with Crippen LogP contribution in [-0.2, 0) is 9.92 Å². The molecule has 1 unspecified atom stereocenters. The Balaban J connectivity index is 2.87. The molecule has 7 heteroatoms. The van der Waals surface area contributed by atoms with Crippen molar-refractivity contribution in [1.82, 2.24) is 9.61 Å². The second-order valence-corrected chi connectivity index (χ2v) is 3.90. The van der Waals surface area contributed by atoms with Crippen molar-refractivity contribution < 1.29 is 8.63 Å². The summed E-state index contributed by atoms with van der Waals surface area (Å²) < 4.78 is 24.5. The van der Waals surface area contributed by atoms with Crippen molar-refractivity contribution >= 4 is 15.6 Å². The Labute approximate surface area is 68.1 Å². The van der Waals surface area contributed by atoms with Crippen LogP contribution in [-0.4, -0.2) is 13.8 Å². The standard InChI is InChI=1S/C5H6N4O2S/c6-12(7,10)4-3-8-9-1-2-11-5(4)9/h1-3H,(H3,6,7,10). The molecule has 3 N–H and O–H groups in total. The van der Waals surface area contributed by atoms with Gasteiger partial charge in [0, 0.05) is 0 Å². The molecule has 2 aromatic heterocycles. The molecule has 2 rings (SSSR count). The molecule has 2 aromatic rings. The monoisotopic (exact) mass is 186 g/mol. The van der Waals surface area contributed by atoms with Gasteiger partial charge in [-0.2, -0.15) is 5.10 Å². The molecule has 64 valence electrons. The maximum Gasteiger partial charge on any atom is 0.240 e. The Morgan fingerprint density at radius 3 is 3.17 bits per heavy atom. The molecule has 2 heterocycles. The van der Waals surface area contributed by atoms with E-state index in [2.05, 4.69) is 5.10 Å². The number of hydrogen-bond donors (Lipinski definition) is 2. The van der Waals surface area contributed by atoms with Gasteiger partial charge in [-0.25, -0.2) is 18.6 Å². The normalized spacial score (nSPS) is 16.4. The van der Waals surface area contributed by atoms with E-state index >= 15 is 0 Å². The Morgan fingerprint density at radius 1 is 1.75 bits per heavy atom. The first-order valence-electron chi connectivity index (χ1n) is 3.06. The average Bonchev–Trinajstić information content (AvgIpc) is 2.37. The molecule has 0 saturated carbocycles. The van der Waals surface area contributed by atoms with Crippen LogP contribution in [0.4, 0.5) is 0 Å². The van der Waals surface area contributed by atoms with Gasteiger partial charge in [-0.15, -0.1) is 0 Å². The van der Waals surface area contributed by atoms with Crippen LogP contribution in [0.1, 0.15) is 0 Å². The van der Waals surface area contributed by atoms with Crippen molar-refractivity contribution in [2.45, 2.75) is 4.90 Å². The number of nitrogens with one attached hydrogen (secondary N) is 1. The molecule has 0 saturated heterocycles. The first-order chi connectivity index (χ1) is 5.59. The lowest BCUT2D eigenvalue weighted by Crippen LogP contribution is -2.09. The highest BCUT2D eigenvalue weighted by molar-refractivity contribution is 7.90. The van der Waals surface area contributed by atoms with E-state index in [1.165, 1.54) is 17.0 Å². The molecule has 0 spiro atoms. The zero-order chi connectivity index (χ0) is 8.77. The van der Waals surface area contributed by atoms with E-state index in [-0.39, 0.29) is 10.6 Å². The summed E-state index contributed by atoms with van der Waals surface area (Å²) in [6.07, 6.45) is 4.20. The summed E-state index contributed by atoms with van der Waals surface area (Å²) in [5.74, 6) is 0. The van der Waals surface area contributed by atoms with Crippen LogP contribution >= 0.6 is 0 Å². The van der Waals surface area contributed by atoms with Crippen LogP contribution in [0.5, 0.6) is 0 Å². The molecule has 0 bridgehead atoms. The van der Waals surface area contributed by atoms with Crippen LogP contribution < -0.4 is 5.14 Å². The molecule has 0 aliphatic heterocycles. The Hall–Kier alpha value is -1.34. The second-order valence-electron chi connectivity index (χ2n) is 2.26. The van der Waals surface area contributed by atoms with E-state index in [1.54, 1.807) is 6.20 Å². The SMILES string of the molecule is N=S(N)(=O)c1cnn2ccoc12. The Morgan fingerprint density at radius 2 is 2.50 bits per heavy atom. The fourth-order valence-corrected chi connectivity index (χ4v) is 1.52. The zero-order valence-corrected chi connectivity index (χ0v) is 6.75. The highest BCUT2D eigenvalue weighted by Gasteiger charge is 2.13. The quantitative estimate of drug-likeness (QED) is 0.665. The first kappa shape index (κ1) is 7.32. The van der Waals surface area contributed by atoms with Gasteiger partial charge in [0.1, 0.15) is 21.1 Å². The van der Waals surface area contributed by atoms with Gasteiger partial charge >= 0.3 is 0 Å². The van der Waals surface area contributed by atoms with E-state index in [9.17, 15) is 4.21 Å². The van der Waals surface area contributed by atoms with E-state index in [0.29, 0.717) is 0 Å². The molecule has 0 radical (unpaired) electrons. The van der Waals surface area contributed by atoms with Crippen molar-refractivity contribution in [2.75, 3.05) is 0 Å². The molecule has 0 amide bonds. The Bertz CT molecular complexity index is 508. The molecule has 12 heavy (non-hydrogen) atoms. The number of oxazole rings is 1. The van der Waals surface area contributed by atoms with Crippen LogP contribution in [0.2, 0.25) is 0 Å². The number of nitrogens with zero attached hydrogens (tertiary/aromatic N) is 2. The summed E-state index contributed by atoms with van der Waals surface area (Å²) in [6.45, 7) is 0. The van der Waals surface area contributed by atoms with E-state index in [1.807, 2.05) is 0 Å². The van der Waals surface area contributed by atoms with E-state index in [4.69, 9.17) is 14.3 Å². The fraction of sp³-hybridized carbons (Fsp3) is 0. The number of aromatic nitrogens is 2. The minimum Gasteiger partial charge on any atom is -0.444 e. The summed E-state index contributed by atoms with van der Waals surface area (Å²) >= 11 is 0. The van der Waals surface area contributed by atoms with E-state index < -0.39 is 9.92 Å². The van der Waals surface area contributed by atoms with Crippen molar-refractivity contribution in [3.63, 3.8) is 0 Å². The minimum absolute atomic E-state index is 0.118. The first-order valence-corrected chi connectivity index (χ1v) is 4.68. The van der Waals surface area contributed by atoms with Gasteiger partial charge in [0.15, 0.2) is 0 Å². The predicted octanol–water partition coefficient (Wildman–Crippen LogP) is 0.207. The highest BCUT2D eigenvalue weighted by Crippen LogP contribution is 2.14. The van der Waals surface area contributed by atoms with Gasteiger partial charge in [0.05, 0.1) is 12.4 Å². The maximum absolute atomic E-state index is 11.1. The third kappa shape index (κ3) is 0.908. The summed E-state index contributed by atoms with van der Waals surface area (Å²) in [4.78, 5) is 0.118. The predicted molar refractivity (Wildman–Crippen MR) is 40.8 cm³/mol. The lowest BCUT2D eigenvalue weighted by molar-refractivity contribution is 0.597. The number of fused-ring (bicyclic) bond motifs is 1. The van der Waals surface area contributed by atoms with E-state index in [0.717, 1.165) is 0 Å². The van der Waals surface area contributed by atoms with Crippen LogP contribution in [0.15, 0.2) is 28.0 Å². The molecule has 0 aromatic carbocycles. The lowest BCUT2D eigenvalue weighted by atomic mass is 10.7. The molecule has 1 atom stereocenters. The fourth-order valence-electron chi connectivity index (χ4n) is 0.914. The van der Waals surface area contributed by atoms with Crippen molar-refractivity contribution in [2.24, 2.45) is 5.14 Å². The summed E-state index contributed by atoms with van der Waals surface area (Å²) in [5.41, 5.74) is 0.262. The zero-order valence-electron chi connectivity index (χ0n) is 5.93. The van der Waals surface area contributed by atoms with Gasteiger partial charge in [0.25, 0.3) is 0 Å². The summed E-state index contributed by atoms with van der Waals surface area (Å²) in [5, 5.41) is 8.90. The molecule has 0 fully saturated rings. The average molecular weight is 186 g/mol. The van der Waals surface area contributed by atoms with Crippen LogP contribution in [0.3, 0.4) is 0 Å². The molecule has 0 aliphatic carbocycles. The van der Waals surface area contributed by atoms with Crippen molar-refractivity contribution in [1.29, 1.82) is 4.78 Å². The number of rotatable bonds is 1. The lowest BCUT2D eigenvalue weighted by Gasteiger charge is -1.92. The van der Waals surface area contributed by atoms with Crippen molar-refractivity contribution in [3.05, 3.63) is 18.7 Å². The van der Waals surface area contributed by atoms with Crippen LogP contribution in [0.25, 0.3) is 5.71 Å². The third-order valence-electron chi connectivity index (χ3n) is 1.43. The molecular weight excluding hydrogens is 180 g/mol. The van der Waals surface area contributed by atoms with Gasteiger partial charge in [0.2, 0.25) is 5.71 Å². The molecule has 0 aliphatic rings. The van der Waals surface area contributed by atoms with Crippen LogP contribution in [0, 0.1) is 4.78 Å². The Kier molecular flexibility index (Phi) is 1.27. The second kappa shape index (κ2) is 2.08.